The second-order valence-corrected chi connectivity index (χ2v) is 9.21. The molecule has 1 aliphatic rings. The summed E-state index contributed by atoms with van der Waals surface area (Å²) in [6, 6.07) is 19.6. The van der Waals surface area contributed by atoms with Gasteiger partial charge in [-0.05, 0) is 46.7 Å². The van der Waals surface area contributed by atoms with Crippen LogP contribution in [0.4, 0.5) is 11.4 Å². The Morgan fingerprint density at radius 3 is 2.69 bits per heavy atom. The van der Waals surface area contributed by atoms with E-state index in [0.717, 1.165) is 22.5 Å². The molecule has 1 N–H and O–H groups in total. The lowest BCUT2D eigenvalue weighted by atomic mass is 10.00. The van der Waals surface area contributed by atoms with Crippen LogP contribution in [0.5, 0.6) is 0 Å². The molecule has 2 amide bonds. The number of anilines is 2. The first-order chi connectivity index (χ1) is 14.0. The van der Waals surface area contributed by atoms with E-state index >= 15 is 0 Å². The van der Waals surface area contributed by atoms with Gasteiger partial charge in [0.25, 0.3) is 5.91 Å². The van der Waals surface area contributed by atoms with E-state index in [0.29, 0.717) is 16.5 Å². The maximum Gasteiger partial charge on any atom is 0.265 e. The number of amides is 2. The van der Waals surface area contributed by atoms with E-state index in [1.54, 1.807) is 17.8 Å². The van der Waals surface area contributed by atoms with E-state index in [4.69, 9.17) is 0 Å². The number of rotatable bonds is 5. The van der Waals surface area contributed by atoms with Crippen molar-refractivity contribution < 1.29 is 9.59 Å². The molecule has 3 aromatic rings. The minimum Gasteiger partial charge on any atom is -0.321 e. The zero-order valence-electron chi connectivity index (χ0n) is 16.3. The lowest BCUT2D eigenvalue weighted by Gasteiger charge is -2.28. The Kier molecular flexibility index (Phi) is 5.74. The lowest BCUT2D eigenvalue weighted by Crippen LogP contribution is -2.29. The third-order valence-corrected chi connectivity index (χ3v) is 6.94. The van der Waals surface area contributed by atoms with Crippen LogP contribution in [-0.2, 0) is 4.79 Å². The van der Waals surface area contributed by atoms with E-state index in [-0.39, 0.29) is 17.2 Å². The Hall–Kier alpha value is -2.57. The van der Waals surface area contributed by atoms with Gasteiger partial charge in [-0.2, -0.15) is 0 Å². The van der Waals surface area contributed by atoms with Crippen LogP contribution in [0.3, 0.4) is 0 Å². The van der Waals surface area contributed by atoms with Gasteiger partial charge < -0.3 is 5.32 Å². The van der Waals surface area contributed by atoms with Crippen LogP contribution >= 0.6 is 23.1 Å². The highest BCUT2D eigenvalue weighted by Gasteiger charge is 2.35. The maximum atomic E-state index is 12.8. The first-order valence-corrected chi connectivity index (χ1v) is 11.4. The number of thiophene rings is 1. The van der Waals surface area contributed by atoms with Gasteiger partial charge in [-0.15, -0.1) is 23.1 Å². The number of carbonyl (C=O) groups is 2. The van der Waals surface area contributed by atoms with Crippen LogP contribution in [-0.4, -0.2) is 17.6 Å². The molecular weight excluding hydrogens is 400 g/mol. The molecule has 1 aromatic heterocycles. The Balaban J connectivity index is 1.64. The number of carbonyl (C=O) groups excluding carboxylic acids is 2. The summed E-state index contributed by atoms with van der Waals surface area (Å²) in [7, 11) is 0. The summed E-state index contributed by atoms with van der Waals surface area (Å²) in [5, 5.41) is 4.74. The van der Waals surface area contributed by atoms with E-state index in [1.807, 2.05) is 58.8 Å². The van der Waals surface area contributed by atoms with Gasteiger partial charge in [0.1, 0.15) is 5.37 Å². The van der Waals surface area contributed by atoms with Gasteiger partial charge in [0.2, 0.25) is 5.91 Å². The molecule has 1 saturated heterocycles. The number of benzene rings is 2. The van der Waals surface area contributed by atoms with Crippen molar-refractivity contribution in [3.63, 3.8) is 0 Å². The van der Waals surface area contributed by atoms with Gasteiger partial charge >= 0.3 is 0 Å². The van der Waals surface area contributed by atoms with Crippen molar-refractivity contribution in [3.05, 3.63) is 82.0 Å². The summed E-state index contributed by atoms with van der Waals surface area (Å²) < 4.78 is 0. The van der Waals surface area contributed by atoms with Crippen LogP contribution in [0.15, 0.2) is 66.0 Å². The largest absolute Gasteiger partial charge is 0.321 e. The average Bonchev–Trinajstić information content (AvgIpc) is 3.38. The first-order valence-electron chi connectivity index (χ1n) is 9.52. The molecule has 29 heavy (non-hydrogen) atoms. The standard InChI is InChI=1S/C23H22N2O2S2/c1-15(2)18-9-3-4-10-19(18)25-21(26)14-29-23(25)16-7-5-8-17(13-16)24-22(27)20-11-6-12-28-20/h3-13,15,23H,14H2,1-2H3,(H,24,27)/t23-/m1/s1. The van der Waals surface area contributed by atoms with Gasteiger partial charge in [0, 0.05) is 11.4 Å². The van der Waals surface area contributed by atoms with Crippen molar-refractivity contribution in [1.29, 1.82) is 0 Å². The van der Waals surface area contributed by atoms with E-state index in [2.05, 4.69) is 25.2 Å². The SMILES string of the molecule is CC(C)c1ccccc1N1C(=O)CS[C@@H]1c1cccc(NC(=O)c2cccs2)c1. The number of nitrogens with zero attached hydrogens (tertiary/aromatic N) is 1. The van der Waals surface area contributed by atoms with Gasteiger partial charge in [-0.3, -0.25) is 14.5 Å². The number of hydrogen-bond acceptors (Lipinski definition) is 4. The quantitative estimate of drug-likeness (QED) is 0.557. The van der Waals surface area contributed by atoms with Crippen molar-refractivity contribution in [2.45, 2.75) is 25.1 Å². The van der Waals surface area contributed by atoms with Crippen molar-refractivity contribution in [2.24, 2.45) is 0 Å². The van der Waals surface area contributed by atoms with E-state index < -0.39 is 0 Å². The van der Waals surface area contributed by atoms with Crippen LogP contribution in [0.25, 0.3) is 0 Å². The molecule has 148 valence electrons. The Morgan fingerprint density at radius 1 is 1.10 bits per heavy atom. The topological polar surface area (TPSA) is 49.4 Å². The van der Waals surface area contributed by atoms with Crippen molar-refractivity contribution in [3.8, 4) is 0 Å². The van der Waals surface area contributed by atoms with Crippen LogP contribution < -0.4 is 10.2 Å². The summed E-state index contributed by atoms with van der Waals surface area (Å²) in [6.45, 7) is 4.28. The smallest absolute Gasteiger partial charge is 0.265 e. The molecule has 4 rings (SSSR count). The van der Waals surface area contributed by atoms with Gasteiger partial charge in [0.05, 0.1) is 10.6 Å². The molecule has 0 bridgehead atoms. The number of para-hydroxylation sites is 1. The average molecular weight is 423 g/mol. The summed E-state index contributed by atoms with van der Waals surface area (Å²) in [5.41, 5.74) is 3.87. The highest BCUT2D eigenvalue weighted by atomic mass is 32.2. The van der Waals surface area contributed by atoms with E-state index in [9.17, 15) is 9.59 Å². The molecule has 2 heterocycles. The maximum absolute atomic E-state index is 12.8. The third kappa shape index (κ3) is 4.09. The fraction of sp³-hybridized carbons (Fsp3) is 0.217. The zero-order valence-corrected chi connectivity index (χ0v) is 17.9. The molecule has 0 radical (unpaired) electrons. The summed E-state index contributed by atoms with van der Waals surface area (Å²) >= 11 is 3.03. The molecule has 1 aliphatic heterocycles. The minimum atomic E-state index is -0.116. The van der Waals surface area contributed by atoms with E-state index in [1.165, 1.54) is 11.3 Å². The Bertz CT molecular complexity index is 1030. The molecule has 2 aromatic carbocycles. The molecule has 4 nitrogen and oxygen atoms in total. The zero-order chi connectivity index (χ0) is 20.4. The third-order valence-electron chi connectivity index (χ3n) is 4.86. The fourth-order valence-corrected chi connectivity index (χ4v) is 5.27. The predicted molar refractivity (Wildman–Crippen MR) is 122 cm³/mol. The molecule has 1 fully saturated rings. The molecule has 0 spiro atoms. The summed E-state index contributed by atoms with van der Waals surface area (Å²) in [5.74, 6) is 0.764. The molecule has 6 heteroatoms. The van der Waals surface area contributed by atoms with Crippen LogP contribution in [0.2, 0.25) is 0 Å². The number of nitrogens with one attached hydrogen (secondary N) is 1. The predicted octanol–water partition coefficient (Wildman–Crippen LogP) is 5.90. The van der Waals surface area contributed by atoms with Crippen LogP contribution in [0, 0.1) is 0 Å². The molecule has 0 aliphatic carbocycles. The Labute approximate surface area is 178 Å². The van der Waals surface area contributed by atoms with Gasteiger partial charge in [-0.1, -0.05) is 50.2 Å². The Morgan fingerprint density at radius 2 is 1.93 bits per heavy atom. The number of hydrogen-bond donors (Lipinski definition) is 1. The van der Waals surface area contributed by atoms with Crippen molar-refractivity contribution >= 4 is 46.3 Å². The normalized spacial score (nSPS) is 16.4. The lowest BCUT2D eigenvalue weighted by molar-refractivity contribution is -0.115. The highest BCUT2D eigenvalue weighted by Crippen LogP contribution is 2.44. The molecular formula is C23H22N2O2S2. The second kappa shape index (κ2) is 8.43. The van der Waals surface area contributed by atoms with Gasteiger partial charge in [0.15, 0.2) is 0 Å². The minimum absolute atomic E-state index is 0.110. The second-order valence-electron chi connectivity index (χ2n) is 7.20. The monoisotopic (exact) mass is 422 g/mol. The highest BCUT2D eigenvalue weighted by molar-refractivity contribution is 8.00. The number of thioether (sulfide) groups is 1. The first kappa shape index (κ1) is 19.7. The van der Waals surface area contributed by atoms with Crippen LogP contribution in [0.1, 0.15) is 45.9 Å². The van der Waals surface area contributed by atoms with Gasteiger partial charge in [-0.25, -0.2) is 0 Å². The molecule has 1 atom stereocenters. The van der Waals surface area contributed by atoms with Crippen molar-refractivity contribution in [1.82, 2.24) is 0 Å². The fourth-order valence-electron chi connectivity index (χ4n) is 3.50. The molecule has 0 saturated carbocycles. The van der Waals surface area contributed by atoms with Crippen molar-refractivity contribution in [2.75, 3.05) is 16.0 Å². The summed E-state index contributed by atoms with van der Waals surface area (Å²) in [6.07, 6.45) is 0. The summed E-state index contributed by atoms with van der Waals surface area (Å²) in [4.78, 5) is 27.8. The molecule has 0 unspecified atom stereocenters.